The van der Waals surface area contributed by atoms with Crippen LogP contribution in [0.25, 0.3) is 0 Å². The summed E-state index contributed by atoms with van der Waals surface area (Å²) in [5, 5.41) is 8.67. The van der Waals surface area contributed by atoms with Crippen LogP contribution < -0.4 is 0 Å². The van der Waals surface area contributed by atoms with E-state index >= 15 is 0 Å². The lowest BCUT2D eigenvalue weighted by Gasteiger charge is -2.00. The third kappa shape index (κ3) is 4.18. The lowest BCUT2D eigenvalue weighted by Crippen LogP contribution is -1.91. The van der Waals surface area contributed by atoms with Crippen LogP contribution in [0.15, 0.2) is 42.5 Å². The average Bonchev–Trinajstić information content (AvgIpc) is 2.52. The maximum Gasteiger partial charge on any atom is 0.142 e. The zero-order chi connectivity index (χ0) is 15.1. The number of benzene rings is 2. The van der Waals surface area contributed by atoms with Crippen molar-refractivity contribution in [2.75, 3.05) is 6.61 Å². The van der Waals surface area contributed by atoms with E-state index in [1.165, 1.54) is 12.1 Å². The predicted molar refractivity (Wildman–Crippen MR) is 78.9 cm³/mol. The van der Waals surface area contributed by atoms with Crippen molar-refractivity contribution in [1.29, 1.82) is 5.26 Å². The number of hydrogen-bond acceptors (Lipinski definition) is 2. The number of ether oxygens (including phenoxy) is 1. The van der Waals surface area contributed by atoms with Crippen LogP contribution in [0.1, 0.15) is 29.2 Å². The Morgan fingerprint density at radius 3 is 2.33 bits per heavy atom. The molecular weight excluding hydrogens is 265 g/mol. The number of nitrogens with zero attached hydrogens (tertiary/aromatic N) is 1. The first-order valence-electron chi connectivity index (χ1n) is 6.61. The van der Waals surface area contributed by atoms with Crippen molar-refractivity contribution in [2.45, 2.75) is 13.5 Å². The quantitative estimate of drug-likeness (QED) is 0.804. The smallest absolute Gasteiger partial charge is 0.142 e. The molecule has 0 saturated carbocycles. The summed E-state index contributed by atoms with van der Waals surface area (Å²) in [6.45, 7) is 3.23. The van der Waals surface area contributed by atoms with E-state index in [2.05, 4.69) is 11.8 Å². The fourth-order valence-corrected chi connectivity index (χ4v) is 1.73. The van der Waals surface area contributed by atoms with Crippen LogP contribution in [-0.4, -0.2) is 6.61 Å². The predicted octanol–water partition coefficient (Wildman–Crippen LogP) is 3.63. The summed E-state index contributed by atoms with van der Waals surface area (Å²) < 4.78 is 18.8. The molecule has 0 saturated heterocycles. The van der Waals surface area contributed by atoms with Gasteiger partial charge in [-0.2, -0.15) is 5.26 Å². The molecule has 0 bridgehead atoms. The minimum atomic E-state index is -0.545. The van der Waals surface area contributed by atoms with Crippen molar-refractivity contribution in [3.8, 4) is 17.9 Å². The summed E-state index contributed by atoms with van der Waals surface area (Å²) in [4.78, 5) is 0. The standard InChI is InChI=1S/C18H14FNO/c1-2-21-13-16-7-4-14(5-8-16)3-6-15-9-10-17(12-20)18(19)11-15/h4-5,7-11H,2,13H2,1H3. The molecule has 2 nitrogen and oxygen atoms in total. The molecule has 0 radical (unpaired) electrons. The highest BCUT2D eigenvalue weighted by Gasteiger charge is 2.00. The van der Waals surface area contributed by atoms with Crippen molar-refractivity contribution in [2.24, 2.45) is 0 Å². The molecule has 0 aromatic heterocycles. The second-order valence-corrected chi connectivity index (χ2v) is 4.39. The Kier molecular flexibility index (Phi) is 5.10. The molecule has 0 heterocycles. The minimum absolute atomic E-state index is 0.0285. The minimum Gasteiger partial charge on any atom is -0.377 e. The highest BCUT2D eigenvalue weighted by molar-refractivity contribution is 5.45. The van der Waals surface area contributed by atoms with Crippen LogP contribution in [-0.2, 0) is 11.3 Å². The number of halogens is 1. The van der Waals surface area contributed by atoms with Gasteiger partial charge in [-0.3, -0.25) is 0 Å². The Hall–Kier alpha value is -2.62. The molecule has 0 amide bonds. The topological polar surface area (TPSA) is 33.0 Å². The van der Waals surface area contributed by atoms with E-state index in [4.69, 9.17) is 10.00 Å². The van der Waals surface area contributed by atoms with Gasteiger partial charge in [0.05, 0.1) is 12.2 Å². The first-order chi connectivity index (χ1) is 10.2. The van der Waals surface area contributed by atoms with Crippen molar-refractivity contribution in [3.05, 3.63) is 70.5 Å². The van der Waals surface area contributed by atoms with E-state index in [1.54, 1.807) is 12.1 Å². The van der Waals surface area contributed by atoms with Gasteiger partial charge in [-0.05, 0) is 42.8 Å². The molecule has 0 aliphatic heterocycles. The Bertz CT molecular complexity index is 718. The molecule has 0 aliphatic rings. The van der Waals surface area contributed by atoms with Crippen LogP contribution in [0, 0.1) is 29.0 Å². The molecule has 2 aromatic rings. The molecule has 0 spiro atoms. The van der Waals surface area contributed by atoms with Crippen molar-refractivity contribution >= 4 is 0 Å². The van der Waals surface area contributed by atoms with Crippen molar-refractivity contribution < 1.29 is 9.13 Å². The first-order valence-corrected chi connectivity index (χ1v) is 6.61. The summed E-state index contributed by atoms with van der Waals surface area (Å²) in [7, 11) is 0. The Labute approximate surface area is 123 Å². The first kappa shape index (κ1) is 14.8. The molecule has 3 heteroatoms. The normalized spacial score (nSPS) is 9.57. The maximum atomic E-state index is 13.4. The fraction of sp³-hybridized carbons (Fsp3) is 0.167. The highest BCUT2D eigenvalue weighted by Crippen LogP contribution is 2.09. The van der Waals surface area contributed by atoms with Gasteiger partial charge in [0.15, 0.2) is 0 Å². The lowest BCUT2D eigenvalue weighted by atomic mass is 10.1. The van der Waals surface area contributed by atoms with Crippen LogP contribution >= 0.6 is 0 Å². The molecular formula is C18H14FNO. The van der Waals surface area contributed by atoms with Gasteiger partial charge in [-0.15, -0.1) is 0 Å². The largest absolute Gasteiger partial charge is 0.377 e. The lowest BCUT2D eigenvalue weighted by molar-refractivity contribution is 0.134. The summed E-state index contributed by atoms with van der Waals surface area (Å²) in [6.07, 6.45) is 0. The van der Waals surface area contributed by atoms with Gasteiger partial charge >= 0.3 is 0 Å². The van der Waals surface area contributed by atoms with E-state index in [0.717, 1.165) is 11.1 Å². The van der Waals surface area contributed by atoms with Gasteiger partial charge in [0.25, 0.3) is 0 Å². The van der Waals surface area contributed by atoms with Crippen LogP contribution in [0.2, 0.25) is 0 Å². The second kappa shape index (κ2) is 7.24. The van der Waals surface area contributed by atoms with E-state index in [9.17, 15) is 4.39 Å². The summed E-state index contributed by atoms with van der Waals surface area (Å²) in [5.74, 6) is 5.31. The molecule has 21 heavy (non-hydrogen) atoms. The number of hydrogen-bond donors (Lipinski definition) is 0. The van der Waals surface area contributed by atoms with E-state index in [1.807, 2.05) is 31.2 Å². The molecule has 0 N–H and O–H groups in total. The van der Waals surface area contributed by atoms with Crippen LogP contribution in [0.4, 0.5) is 4.39 Å². The highest BCUT2D eigenvalue weighted by atomic mass is 19.1. The van der Waals surface area contributed by atoms with Gasteiger partial charge < -0.3 is 4.74 Å². The fourth-order valence-electron chi connectivity index (χ4n) is 1.73. The zero-order valence-corrected chi connectivity index (χ0v) is 11.7. The van der Waals surface area contributed by atoms with Crippen LogP contribution in [0.3, 0.4) is 0 Å². The molecule has 2 aromatic carbocycles. The summed E-state index contributed by atoms with van der Waals surface area (Å²) >= 11 is 0. The van der Waals surface area contributed by atoms with E-state index in [0.29, 0.717) is 18.8 Å². The maximum absolute atomic E-state index is 13.4. The number of rotatable bonds is 3. The van der Waals surface area contributed by atoms with Crippen molar-refractivity contribution in [1.82, 2.24) is 0 Å². The molecule has 0 atom stereocenters. The second-order valence-electron chi connectivity index (χ2n) is 4.39. The van der Waals surface area contributed by atoms with E-state index in [-0.39, 0.29) is 5.56 Å². The molecule has 0 aliphatic carbocycles. The molecule has 0 fully saturated rings. The van der Waals surface area contributed by atoms with Crippen LogP contribution in [0.5, 0.6) is 0 Å². The van der Waals surface area contributed by atoms with Gasteiger partial charge in [-0.1, -0.05) is 24.0 Å². The zero-order valence-electron chi connectivity index (χ0n) is 11.7. The summed E-state index contributed by atoms with van der Waals surface area (Å²) in [6, 6.07) is 13.9. The Morgan fingerprint density at radius 1 is 1.05 bits per heavy atom. The van der Waals surface area contributed by atoms with Crippen molar-refractivity contribution in [3.63, 3.8) is 0 Å². The van der Waals surface area contributed by atoms with E-state index < -0.39 is 5.82 Å². The number of nitriles is 1. The summed E-state index contributed by atoms with van der Waals surface area (Å²) in [5.41, 5.74) is 2.51. The monoisotopic (exact) mass is 279 g/mol. The SMILES string of the molecule is CCOCc1ccc(C#Cc2ccc(C#N)c(F)c2)cc1. The molecule has 104 valence electrons. The molecule has 2 rings (SSSR count). The van der Waals surface area contributed by atoms with Gasteiger partial charge in [0.1, 0.15) is 11.9 Å². The van der Waals surface area contributed by atoms with Gasteiger partial charge in [-0.25, -0.2) is 4.39 Å². The third-order valence-electron chi connectivity index (χ3n) is 2.87. The Morgan fingerprint density at radius 2 is 1.71 bits per heavy atom. The molecule has 0 unspecified atom stereocenters. The van der Waals surface area contributed by atoms with Gasteiger partial charge in [0, 0.05) is 17.7 Å². The third-order valence-corrected chi connectivity index (χ3v) is 2.87. The van der Waals surface area contributed by atoms with Gasteiger partial charge in [0.2, 0.25) is 0 Å². The Balaban J connectivity index is 2.12. The average molecular weight is 279 g/mol.